The van der Waals surface area contributed by atoms with Gasteiger partial charge in [-0.25, -0.2) is 4.79 Å². The lowest BCUT2D eigenvalue weighted by molar-refractivity contribution is -0.121. The topological polar surface area (TPSA) is 56.0 Å². The molecular formula is C15H15N3O2S. The van der Waals surface area contributed by atoms with Gasteiger partial charge in [0.25, 0.3) is 0 Å². The number of carbonyl (C=O) groups excluding carboxylic acids is 1. The van der Waals surface area contributed by atoms with E-state index in [1.54, 1.807) is 23.0 Å². The molecule has 0 atom stereocenters. The molecule has 5 nitrogen and oxygen atoms in total. The van der Waals surface area contributed by atoms with Crippen LogP contribution in [0.15, 0.2) is 46.6 Å². The number of aryl methyl sites for hydroxylation is 1. The largest absolute Gasteiger partial charge is 0.350 e. The van der Waals surface area contributed by atoms with Crippen LogP contribution in [-0.2, 0) is 24.9 Å². The average molecular weight is 301 g/mol. The van der Waals surface area contributed by atoms with Crippen LogP contribution in [0, 0.1) is 0 Å². The van der Waals surface area contributed by atoms with E-state index in [-0.39, 0.29) is 18.1 Å². The van der Waals surface area contributed by atoms with Crippen LogP contribution >= 0.6 is 11.3 Å². The molecule has 0 unspecified atom stereocenters. The first-order valence-electron chi connectivity index (χ1n) is 6.60. The van der Waals surface area contributed by atoms with Gasteiger partial charge in [-0.3, -0.25) is 13.9 Å². The Balaban J connectivity index is 1.80. The second-order valence-electron chi connectivity index (χ2n) is 4.77. The van der Waals surface area contributed by atoms with Gasteiger partial charge in [0.1, 0.15) is 6.54 Å². The summed E-state index contributed by atoms with van der Waals surface area (Å²) in [5.74, 6) is -0.165. The summed E-state index contributed by atoms with van der Waals surface area (Å²) in [6, 6.07) is 11.4. The van der Waals surface area contributed by atoms with E-state index >= 15 is 0 Å². The summed E-state index contributed by atoms with van der Waals surface area (Å²) in [5, 5.41) is 4.81. The molecule has 108 valence electrons. The third-order valence-electron chi connectivity index (χ3n) is 3.39. The summed E-state index contributed by atoms with van der Waals surface area (Å²) >= 11 is 1.59. The fourth-order valence-corrected chi connectivity index (χ4v) is 2.96. The molecule has 0 aliphatic carbocycles. The molecule has 0 spiro atoms. The Morgan fingerprint density at radius 3 is 2.67 bits per heavy atom. The Labute approximate surface area is 125 Å². The number of thiophene rings is 1. The molecule has 1 N–H and O–H groups in total. The molecule has 0 saturated heterocycles. The molecule has 0 aliphatic heterocycles. The predicted molar refractivity (Wildman–Crippen MR) is 83.3 cm³/mol. The van der Waals surface area contributed by atoms with Crippen LogP contribution in [-0.4, -0.2) is 15.0 Å². The summed E-state index contributed by atoms with van der Waals surface area (Å²) in [7, 11) is 1.71. The van der Waals surface area contributed by atoms with Gasteiger partial charge in [0.15, 0.2) is 0 Å². The number of hydrogen-bond donors (Lipinski definition) is 1. The van der Waals surface area contributed by atoms with Crippen LogP contribution in [0.1, 0.15) is 4.88 Å². The lowest BCUT2D eigenvalue weighted by Gasteiger charge is -2.05. The molecular weight excluding hydrogens is 286 g/mol. The number of imidazole rings is 1. The van der Waals surface area contributed by atoms with Crippen molar-refractivity contribution in [1.29, 1.82) is 0 Å². The van der Waals surface area contributed by atoms with Gasteiger partial charge < -0.3 is 5.32 Å². The molecule has 21 heavy (non-hydrogen) atoms. The Bertz CT molecular complexity index is 830. The molecule has 1 amide bonds. The number of rotatable bonds is 4. The Hall–Kier alpha value is -2.34. The quantitative estimate of drug-likeness (QED) is 0.797. The number of aromatic nitrogens is 2. The monoisotopic (exact) mass is 301 g/mol. The van der Waals surface area contributed by atoms with Crippen LogP contribution in [0.2, 0.25) is 0 Å². The predicted octanol–water partition coefficient (Wildman–Crippen LogP) is 1.72. The van der Waals surface area contributed by atoms with Crippen molar-refractivity contribution in [3.05, 3.63) is 57.1 Å². The van der Waals surface area contributed by atoms with Crippen molar-refractivity contribution in [1.82, 2.24) is 14.5 Å². The zero-order valence-corrected chi connectivity index (χ0v) is 12.4. The lowest BCUT2D eigenvalue weighted by Crippen LogP contribution is -2.32. The van der Waals surface area contributed by atoms with Gasteiger partial charge in [0.05, 0.1) is 17.6 Å². The minimum absolute atomic E-state index is 0.0333. The van der Waals surface area contributed by atoms with E-state index in [1.165, 1.54) is 4.57 Å². The van der Waals surface area contributed by atoms with Gasteiger partial charge in [-0.2, -0.15) is 0 Å². The Morgan fingerprint density at radius 2 is 1.95 bits per heavy atom. The summed E-state index contributed by atoms with van der Waals surface area (Å²) in [6.07, 6.45) is 0. The van der Waals surface area contributed by atoms with E-state index in [0.29, 0.717) is 6.54 Å². The molecule has 6 heteroatoms. The second-order valence-corrected chi connectivity index (χ2v) is 5.80. The highest BCUT2D eigenvalue weighted by molar-refractivity contribution is 7.09. The molecule has 0 fully saturated rings. The van der Waals surface area contributed by atoms with Crippen LogP contribution in [0.5, 0.6) is 0 Å². The number of fused-ring (bicyclic) bond motifs is 1. The normalized spacial score (nSPS) is 10.9. The van der Waals surface area contributed by atoms with Gasteiger partial charge in [0.2, 0.25) is 5.91 Å². The number of nitrogens with zero attached hydrogens (tertiary/aromatic N) is 2. The third-order valence-corrected chi connectivity index (χ3v) is 4.27. The lowest BCUT2D eigenvalue weighted by atomic mass is 10.3. The highest BCUT2D eigenvalue weighted by Gasteiger charge is 2.12. The zero-order valence-electron chi connectivity index (χ0n) is 11.6. The van der Waals surface area contributed by atoms with Gasteiger partial charge in [-0.15, -0.1) is 11.3 Å². The first-order chi connectivity index (χ1) is 10.2. The van der Waals surface area contributed by atoms with E-state index in [9.17, 15) is 9.59 Å². The molecule has 3 rings (SSSR count). The Kier molecular flexibility index (Phi) is 3.62. The fraction of sp³-hybridized carbons (Fsp3) is 0.200. The fourth-order valence-electron chi connectivity index (χ4n) is 2.31. The maximum Gasteiger partial charge on any atom is 0.329 e. The van der Waals surface area contributed by atoms with Gasteiger partial charge in [0, 0.05) is 11.9 Å². The van der Waals surface area contributed by atoms with Crippen molar-refractivity contribution >= 4 is 28.3 Å². The van der Waals surface area contributed by atoms with Crippen LogP contribution in [0.25, 0.3) is 11.0 Å². The van der Waals surface area contributed by atoms with Crippen molar-refractivity contribution in [2.24, 2.45) is 7.05 Å². The molecule has 1 aromatic carbocycles. The summed E-state index contributed by atoms with van der Waals surface area (Å²) < 4.78 is 3.06. The maximum atomic E-state index is 12.2. The molecule has 0 aliphatic rings. The van der Waals surface area contributed by atoms with Crippen molar-refractivity contribution in [3.63, 3.8) is 0 Å². The standard InChI is InChI=1S/C15H15N3O2S/c1-17-12-6-2-3-7-13(12)18(15(17)20)10-14(19)16-9-11-5-4-8-21-11/h2-8H,9-10H2,1H3,(H,16,19). The molecule has 0 saturated carbocycles. The Morgan fingerprint density at radius 1 is 1.19 bits per heavy atom. The smallest absolute Gasteiger partial charge is 0.329 e. The van der Waals surface area contributed by atoms with Gasteiger partial charge in [-0.05, 0) is 23.6 Å². The van der Waals surface area contributed by atoms with Crippen molar-refractivity contribution in [2.45, 2.75) is 13.1 Å². The highest BCUT2D eigenvalue weighted by atomic mass is 32.1. The van der Waals surface area contributed by atoms with E-state index < -0.39 is 0 Å². The number of benzene rings is 1. The van der Waals surface area contributed by atoms with E-state index in [2.05, 4.69) is 5.32 Å². The number of nitrogens with one attached hydrogen (secondary N) is 1. The summed E-state index contributed by atoms with van der Waals surface area (Å²) in [6.45, 7) is 0.529. The number of para-hydroxylation sites is 2. The van der Waals surface area contributed by atoms with Crippen molar-refractivity contribution in [3.8, 4) is 0 Å². The summed E-state index contributed by atoms with van der Waals surface area (Å²) in [5.41, 5.74) is 1.42. The van der Waals surface area contributed by atoms with Crippen LogP contribution in [0.3, 0.4) is 0 Å². The van der Waals surface area contributed by atoms with Gasteiger partial charge >= 0.3 is 5.69 Å². The molecule has 0 bridgehead atoms. The van der Waals surface area contributed by atoms with Gasteiger partial charge in [-0.1, -0.05) is 18.2 Å². The van der Waals surface area contributed by atoms with E-state index in [4.69, 9.17) is 0 Å². The third kappa shape index (κ3) is 2.62. The maximum absolute atomic E-state index is 12.2. The zero-order chi connectivity index (χ0) is 14.8. The van der Waals surface area contributed by atoms with Crippen molar-refractivity contribution < 1.29 is 4.79 Å². The SMILES string of the molecule is Cn1c(=O)n(CC(=O)NCc2cccs2)c2ccccc21. The number of amides is 1. The second kappa shape index (κ2) is 5.57. The van der Waals surface area contributed by atoms with Crippen LogP contribution in [0.4, 0.5) is 0 Å². The first kappa shape index (κ1) is 13.6. The van der Waals surface area contributed by atoms with E-state index in [0.717, 1.165) is 15.9 Å². The number of carbonyl (C=O) groups is 1. The molecule has 2 aromatic heterocycles. The summed E-state index contributed by atoms with van der Waals surface area (Å²) in [4.78, 5) is 25.3. The minimum atomic E-state index is -0.178. The number of hydrogen-bond acceptors (Lipinski definition) is 3. The average Bonchev–Trinajstić information content (AvgIpc) is 3.09. The molecule has 0 radical (unpaired) electrons. The van der Waals surface area contributed by atoms with Crippen molar-refractivity contribution in [2.75, 3.05) is 0 Å². The minimum Gasteiger partial charge on any atom is -0.350 e. The molecule has 2 heterocycles. The van der Waals surface area contributed by atoms with E-state index in [1.807, 2.05) is 41.8 Å². The van der Waals surface area contributed by atoms with Crippen LogP contribution < -0.4 is 11.0 Å². The molecule has 3 aromatic rings. The highest BCUT2D eigenvalue weighted by Crippen LogP contribution is 2.11. The first-order valence-corrected chi connectivity index (χ1v) is 7.48.